The first-order valence-corrected chi connectivity index (χ1v) is 7.71. The van der Waals surface area contributed by atoms with Crippen molar-refractivity contribution in [1.82, 2.24) is 15.3 Å². The molecule has 7 nitrogen and oxygen atoms in total. The van der Waals surface area contributed by atoms with Crippen LogP contribution in [0, 0.1) is 0 Å². The number of aliphatic carboxylic acids is 1. The van der Waals surface area contributed by atoms with E-state index in [1.165, 1.54) is 6.07 Å². The van der Waals surface area contributed by atoms with Crippen molar-refractivity contribution in [1.29, 1.82) is 0 Å². The summed E-state index contributed by atoms with van der Waals surface area (Å²) in [5.41, 5.74) is 0.346. The average Bonchev–Trinajstić information content (AvgIpc) is 2.58. The standard InChI is InChI=1S/C17H19N3O4/c1-2-3-6-14(17(23)24)20-16(22)11-8-9-13(19-15(11)21)12-7-4-5-10-18-12/h4-5,7-10,14H,2-3,6H2,1H3,(H,19,21)(H,20,22)(H,23,24). The second-order valence-corrected chi connectivity index (χ2v) is 5.34. The second-order valence-electron chi connectivity index (χ2n) is 5.34. The van der Waals surface area contributed by atoms with Crippen molar-refractivity contribution in [2.24, 2.45) is 0 Å². The molecular weight excluding hydrogens is 310 g/mol. The van der Waals surface area contributed by atoms with Crippen molar-refractivity contribution < 1.29 is 14.7 Å². The summed E-state index contributed by atoms with van der Waals surface area (Å²) < 4.78 is 0. The summed E-state index contributed by atoms with van der Waals surface area (Å²) in [7, 11) is 0. The van der Waals surface area contributed by atoms with Gasteiger partial charge < -0.3 is 15.4 Å². The van der Waals surface area contributed by atoms with Crippen LogP contribution in [0.1, 0.15) is 36.5 Å². The molecule has 3 N–H and O–H groups in total. The highest BCUT2D eigenvalue weighted by Gasteiger charge is 2.21. The molecule has 0 aromatic carbocycles. The predicted octanol–water partition coefficient (Wildman–Crippen LogP) is 1.81. The van der Waals surface area contributed by atoms with E-state index in [1.807, 2.05) is 6.92 Å². The van der Waals surface area contributed by atoms with Gasteiger partial charge in [0.2, 0.25) is 0 Å². The lowest BCUT2D eigenvalue weighted by Gasteiger charge is -2.13. The molecule has 1 atom stereocenters. The molecular formula is C17H19N3O4. The number of carbonyl (C=O) groups excluding carboxylic acids is 1. The lowest BCUT2D eigenvalue weighted by Crippen LogP contribution is -2.42. The van der Waals surface area contributed by atoms with Crippen molar-refractivity contribution in [2.75, 3.05) is 0 Å². The highest BCUT2D eigenvalue weighted by atomic mass is 16.4. The zero-order valence-corrected chi connectivity index (χ0v) is 13.3. The van der Waals surface area contributed by atoms with Gasteiger partial charge in [0.15, 0.2) is 0 Å². The van der Waals surface area contributed by atoms with Gasteiger partial charge in [-0.25, -0.2) is 4.79 Å². The fourth-order valence-electron chi connectivity index (χ4n) is 2.23. The lowest BCUT2D eigenvalue weighted by molar-refractivity contribution is -0.139. The van der Waals surface area contributed by atoms with Crippen LogP contribution in [0.2, 0.25) is 0 Å². The minimum absolute atomic E-state index is 0.127. The molecule has 0 aliphatic rings. The molecule has 0 saturated carbocycles. The van der Waals surface area contributed by atoms with Crippen molar-refractivity contribution in [2.45, 2.75) is 32.2 Å². The maximum atomic E-state index is 12.2. The summed E-state index contributed by atoms with van der Waals surface area (Å²) in [6.45, 7) is 1.93. The number of carboxylic acid groups (broad SMARTS) is 1. The number of carboxylic acids is 1. The summed E-state index contributed by atoms with van der Waals surface area (Å²) >= 11 is 0. The second kappa shape index (κ2) is 8.05. The third-order valence-corrected chi connectivity index (χ3v) is 3.54. The predicted molar refractivity (Wildman–Crippen MR) is 88.7 cm³/mol. The van der Waals surface area contributed by atoms with Crippen LogP contribution in [0.3, 0.4) is 0 Å². The van der Waals surface area contributed by atoms with Gasteiger partial charge in [0, 0.05) is 6.20 Å². The highest BCUT2D eigenvalue weighted by Crippen LogP contribution is 2.11. The fraction of sp³-hybridized carbons (Fsp3) is 0.294. The largest absolute Gasteiger partial charge is 0.480 e. The molecule has 1 amide bonds. The Morgan fingerprint density at radius 2 is 2.08 bits per heavy atom. The molecule has 2 heterocycles. The number of aromatic nitrogens is 2. The van der Waals surface area contributed by atoms with Gasteiger partial charge in [-0.05, 0) is 30.7 Å². The van der Waals surface area contributed by atoms with Crippen LogP contribution in [0.15, 0.2) is 41.3 Å². The number of nitrogens with one attached hydrogen (secondary N) is 2. The van der Waals surface area contributed by atoms with Crippen LogP contribution in [0.5, 0.6) is 0 Å². The van der Waals surface area contributed by atoms with E-state index >= 15 is 0 Å². The molecule has 0 spiro atoms. The van der Waals surface area contributed by atoms with Crippen LogP contribution in [-0.4, -0.2) is 33.0 Å². The van der Waals surface area contributed by atoms with Crippen molar-refractivity contribution in [3.8, 4) is 11.4 Å². The molecule has 24 heavy (non-hydrogen) atoms. The first kappa shape index (κ1) is 17.4. The zero-order valence-electron chi connectivity index (χ0n) is 13.3. The van der Waals surface area contributed by atoms with Gasteiger partial charge in [-0.1, -0.05) is 25.8 Å². The van der Waals surface area contributed by atoms with Crippen LogP contribution < -0.4 is 10.9 Å². The molecule has 126 valence electrons. The normalized spacial score (nSPS) is 11.7. The quantitative estimate of drug-likeness (QED) is 0.717. The molecule has 0 radical (unpaired) electrons. The Balaban J connectivity index is 2.18. The van der Waals surface area contributed by atoms with Gasteiger partial charge >= 0.3 is 5.97 Å². The molecule has 0 aliphatic heterocycles. The summed E-state index contributed by atoms with van der Waals surface area (Å²) in [5, 5.41) is 11.5. The van der Waals surface area contributed by atoms with Gasteiger partial charge in [-0.3, -0.25) is 14.6 Å². The number of aromatic amines is 1. The maximum absolute atomic E-state index is 12.2. The molecule has 0 fully saturated rings. The van der Waals surface area contributed by atoms with Gasteiger partial charge in [0.25, 0.3) is 11.5 Å². The Morgan fingerprint density at radius 3 is 2.67 bits per heavy atom. The fourth-order valence-corrected chi connectivity index (χ4v) is 2.23. The van der Waals surface area contributed by atoms with Crippen molar-refractivity contribution in [3.63, 3.8) is 0 Å². The first-order chi connectivity index (χ1) is 11.5. The maximum Gasteiger partial charge on any atom is 0.326 e. The molecule has 7 heteroatoms. The first-order valence-electron chi connectivity index (χ1n) is 7.71. The number of pyridine rings is 2. The summed E-state index contributed by atoms with van der Waals surface area (Å²) in [6, 6.07) is 7.21. The number of hydrogen-bond acceptors (Lipinski definition) is 4. The minimum Gasteiger partial charge on any atom is -0.480 e. The van der Waals surface area contributed by atoms with E-state index in [9.17, 15) is 14.4 Å². The number of H-pyrrole nitrogens is 1. The van der Waals surface area contributed by atoms with Crippen LogP contribution in [-0.2, 0) is 4.79 Å². The van der Waals surface area contributed by atoms with E-state index in [2.05, 4.69) is 15.3 Å². The average molecular weight is 329 g/mol. The third-order valence-electron chi connectivity index (χ3n) is 3.54. The molecule has 0 bridgehead atoms. The molecule has 2 rings (SSSR count). The molecule has 1 unspecified atom stereocenters. The zero-order chi connectivity index (χ0) is 17.5. The van der Waals surface area contributed by atoms with E-state index in [0.29, 0.717) is 24.2 Å². The van der Waals surface area contributed by atoms with E-state index in [1.54, 1.807) is 30.5 Å². The van der Waals surface area contributed by atoms with Crippen molar-refractivity contribution >= 4 is 11.9 Å². The third kappa shape index (κ3) is 4.28. The van der Waals surface area contributed by atoms with Crippen LogP contribution in [0.4, 0.5) is 0 Å². The number of hydrogen-bond donors (Lipinski definition) is 3. The summed E-state index contributed by atoms with van der Waals surface area (Å²) in [6.07, 6.45) is 3.41. The Hall–Kier alpha value is -2.96. The Morgan fingerprint density at radius 1 is 1.29 bits per heavy atom. The Kier molecular flexibility index (Phi) is 5.83. The molecule has 0 saturated heterocycles. The smallest absolute Gasteiger partial charge is 0.326 e. The number of nitrogens with zero attached hydrogens (tertiary/aromatic N) is 1. The molecule has 0 aliphatic carbocycles. The topological polar surface area (TPSA) is 112 Å². The van der Waals surface area contributed by atoms with E-state index in [-0.39, 0.29) is 5.56 Å². The van der Waals surface area contributed by atoms with Gasteiger partial charge in [-0.15, -0.1) is 0 Å². The lowest BCUT2D eigenvalue weighted by atomic mass is 10.1. The highest BCUT2D eigenvalue weighted by molar-refractivity contribution is 5.96. The van der Waals surface area contributed by atoms with Crippen LogP contribution >= 0.6 is 0 Å². The van der Waals surface area contributed by atoms with Gasteiger partial charge in [0.1, 0.15) is 11.6 Å². The number of carbonyl (C=O) groups is 2. The Labute approximate surface area is 138 Å². The summed E-state index contributed by atoms with van der Waals surface area (Å²) in [5.74, 6) is -1.81. The molecule has 2 aromatic heterocycles. The van der Waals surface area contributed by atoms with E-state index in [4.69, 9.17) is 5.11 Å². The number of unbranched alkanes of at least 4 members (excludes halogenated alkanes) is 1. The number of amides is 1. The van der Waals surface area contributed by atoms with E-state index < -0.39 is 23.5 Å². The van der Waals surface area contributed by atoms with Crippen LogP contribution in [0.25, 0.3) is 11.4 Å². The van der Waals surface area contributed by atoms with E-state index in [0.717, 1.165) is 6.42 Å². The minimum atomic E-state index is -1.11. The van der Waals surface area contributed by atoms with Crippen molar-refractivity contribution in [3.05, 3.63) is 52.4 Å². The summed E-state index contributed by atoms with van der Waals surface area (Å²) in [4.78, 5) is 42.2. The van der Waals surface area contributed by atoms with Gasteiger partial charge in [0.05, 0.1) is 11.4 Å². The number of rotatable bonds is 7. The SMILES string of the molecule is CCCCC(NC(=O)c1ccc(-c2ccccn2)[nH]c1=O)C(=O)O. The Bertz CT molecular complexity index is 771. The molecule has 2 aromatic rings. The van der Waals surface area contributed by atoms with Gasteiger partial charge in [-0.2, -0.15) is 0 Å². The monoisotopic (exact) mass is 329 g/mol.